The lowest BCUT2D eigenvalue weighted by molar-refractivity contribution is -0.123. The predicted molar refractivity (Wildman–Crippen MR) is 113 cm³/mol. The topological polar surface area (TPSA) is 90.3 Å². The van der Waals surface area contributed by atoms with E-state index in [1.54, 1.807) is 24.3 Å². The van der Waals surface area contributed by atoms with E-state index in [4.69, 9.17) is 0 Å². The van der Waals surface area contributed by atoms with Crippen molar-refractivity contribution < 1.29 is 14.4 Å². The van der Waals surface area contributed by atoms with Crippen molar-refractivity contribution in [3.05, 3.63) is 58.0 Å². The number of allylic oxidation sites excluding steroid dienone is 2. The van der Waals surface area contributed by atoms with E-state index < -0.39 is 0 Å². The highest BCUT2D eigenvalue weighted by Gasteiger charge is 2.59. The Morgan fingerprint density at radius 3 is 2.27 bits per heavy atom. The Bertz CT molecular complexity index is 1140. The fraction of sp³-hybridized carbons (Fsp3) is 0.304. The Hall–Kier alpha value is -3.24. The summed E-state index contributed by atoms with van der Waals surface area (Å²) >= 11 is 1.37. The van der Waals surface area contributed by atoms with Crippen LogP contribution in [0.2, 0.25) is 0 Å². The van der Waals surface area contributed by atoms with E-state index in [1.807, 2.05) is 13.8 Å². The molecule has 0 radical (unpaired) electrons. The number of amides is 3. The number of carbonyl (C=O) groups excluding carboxylic acids is 3. The maximum absolute atomic E-state index is 12.9. The SMILES string of the molecule is Cc1sc(NC(=O)c2ccc(N3C(=O)[C@@H]4[C@@H](C3=O)[C@H]3C=C[C@@H]4C3)cc2)c(C#N)c1C. The highest BCUT2D eigenvalue weighted by molar-refractivity contribution is 7.16. The molecule has 1 aromatic heterocycles. The van der Waals surface area contributed by atoms with Gasteiger partial charge in [-0.2, -0.15) is 5.26 Å². The molecule has 0 spiro atoms. The number of hydrogen-bond acceptors (Lipinski definition) is 5. The first kappa shape index (κ1) is 18.8. The van der Waals surface area contributed by atoms with Gasteiger partial charge in [0.15, 0.2) is 0 Å². The van der Waals surface area contributed by atoms with Crippen LogP contribution in [-0.4, -0.2) is 17.7 Å². The van der Waals surface area contributed by atoms with Gasteiger partial charge in [-0.1, -0.05) is 12.2 Å². The molecule has 1 saturated carbocycles. The Kier molecular flexibility index (Phi) is 4.16. The van der Waals surface area contributed by atoms with Crippen LogP contribution in [0.15, 0.2) is 36.4 Å². The number of anilines is 2. The first-order valence-electron chi connectivity index (χ1n) is 9.88. The van der Waals surface area contributed by atoms with E-state index in [9.17, 15) is 19.6 Å². The first-order valence-corrected chi connectivity index (χ1v) is 10.7. The number of aryl methyl sites for hydroxylation is 1. The normalized spacial score (nSPS) is 26.2. The molecule has 0 unspecified atom stereocenters. The fourth-order valence-electron chi connectivity index (χ4n) is 4.94. The Labute approximate surface area is 177 Å². The molecule has 2 bridgehead atoms. The Morgan fingerprint density at radius 1 is 1.10 bits per heavy atom. The molecular weight excluding hydrogens is 398 g/mol. The number of nitriles is 1. The van der Waals surface area contributed by atoms with Gasteiger partial charge in [-0.15, -0.1) is 11.3 Å². The smallest absolute Gasteiger partial charge is 0.256 e. The zero-order valence-electron chi connectivity index (χ0n) is 16.5. The molecule has 30 heavy (non-hydrogen) atoms. The summed E-state index contributed by atoms with van der Waals surface area (Å²) in [7, 11) is 0. The summed E-state index contributed by atoms with van der Waals surface area (Å²) in [6, 6.07) is 8.62. The highest BCUT2D eigenvalue weighted by atomic mass is 32.1. The average Bonchev–Trinajstić information content (AvgIpc) is 3.47. The minimum Gasteiger partial charge on any atom is -0.312 e. The summed E-state index contributed by atoms with van der Waals surface area (Å²) < 4.78 is 0. The third-order valence-corrected chi connectivity index (χ3v) is 7.70. The van der Waals surface area contributed by atoms with Crippen LogP contribution in [0.3, 0.4) is 0 Å². The highest BCUT2D eigenvalue weighted by Crippen LogP contribution is 2.53. The van der Waals surface area contributed by atoms with Crippen LogP contribution < -0.4 is 10.2 Å². The number of thiophene rings is 1. The second-order valence-electron chi connectivity index (χ2n) is 8.11. The Balaban J connectivity index is 1.36. The maximum atomic E-state index is 12.9. The summed E-state index contributed by atoms with van der Waals surface area (Å²) in [5, 5.41) is 12.7. The maximum Gasteiger partial charge on any atom is 0.256 e. The molecule has 2 fully saturated rings. The summed E-state index contributed by atoms with van der Waals surface area (Å²) in [6.07, 6.45) is 5.03. The van der Waals surface area contributed by atoms with Gasteiger partial charge in [-0.3, -0.25) is 19.3 Å². The first-order chi connectivity index (χ1) is 14.4. The fourth-order valence-corrected chi connectivity index (χ4v) is 5.95. The Morgan fingerprint density at radius 2 is 1.70 bits per heavy atom. The van der Waals surface area contributed by atoms with Gasteiger partial charge in [0.1, 0.15) is 11.1 Å². The quantitative estimate of drug-likeness (QED) is 0.608. The lowest BCUT2D eigenvalue weighted by Gasteiger charge is -2.17. The summed E-state index contributed by atoms with van der Waals surface area (Å²) in [5.74, 6) is -0.769. The van der Waals surface area contributed by atoms with Crippen LogP contribution in [0, 0.1) is 48.9 Å². The van der Waals surface area contributed by atoms with Gasteiger partial charge in [0.2, 0.25) is 11.8 Å². The van der Waals surface area contributed by atoms with Gasteiger partial charge in [-0.05, 0) is 61.9 Å². The van der Waals surface area contributed by atoms with Crippen LogP contribution in [-0.2, 0) is 9.59 Å². The zero-order valence-corrected chi connectivity index (χ0v) is 17.3. The van der Waals surface area contributed by atoms with Gasteiger partial charge < -0.3 is 5.32 Å². The minimum absolute atomic E-state index is 0.137. The largest absolute Gasteiger partial charge is 0.312 e. The van der Waals surface area contributed by atoms with Crippen molar-refractivity contribution in [1.29, 1.82) is 5.26 Å². The van der Waals surface area contributed by atoms with Crippen LogP contribution >= 0.6 is 11.3 Å². The molecule has 7 heteroatoms. The summed E-state index contributed by atoms with van der Waals surface area (Å²) in [4.78, 5) is 40.7. The number of carbonyl (C=O) groups is 3. The van der Waals surface area contributed by atoms with Crippen molar-refractivity contribution in [1.82, 2.24) is 0 Å². The van der Waals surface area contributed by atoms with E-state index in [1.165, 1.54) is 16.2 Å². The van der Waals surface area contributed by atoms with E-state index in [0.29, 0.717) is 21.8 Å². The van der Waals surface area contributed by atoms with Crippen molar-refractivity contribution >= 4 is 39.7 Å². The molecule has 2 heterocycles. The second kappa shape index (κ2) is 6.64. The van der Waals surface area contributed by atoms with Crippen molar-refractivity contribution in [3.8, 4) is 6.07 Å². The molecule has 150 valence electrons. The standard InChI is InChI=1S/C23H19N3O3S/c1-11-12(2)30-21(17(11)10-24)25-20(27)13-5-7-16(8-6-13)26-22(28)18-14-3-4-15(9-14)19(18)23(26)29/h3-8,14-15,18-19H,9H2,1-2H3,(H,25,27)/t14-,15+,18-,19-/m0/s1. The third-order valence-electron chi connectivity index (χ3n) is 6.58. The lowest BCUT2D eigenvalue weighted by atomic mass is 9.85. The van der Waals surface area contributed by atoms with Gasteiger partial charge in [0, 0.05) is 10.4 Å². The number of rotatable bonds is 3. The van der Waals surface area contributed by atoms with E-state index >= 15 is 0 Å². The van der Waals surface area contributed by atoms with Crippen LogP contribution in [0.5, 0.6) is 0 Å². The van der Waals surface area contributed by atoms with Crippen LogP contribution in [0.25, 0.3) is 0 Å². The number of fused-ring (bicyclic) bond motifs is 5. The van der Waals surface area contributed by atoms with E-state index in [2.05, 4.69) is 23.5 Å². The van der Waals surface area contributed by atoms with Crippen molar-refractivity contribution in [3.63, 3.8) is 0 Å². The number of nitrogens with one attached hydrogen (secondary N) is 1. The van der Waals surface area contributed by atoms with E-state index in [0.717, 1.165) is 16.9 Å². The van der Waals surface area contributed by atoms with Crippen molar-refractivity contribution in [2.75, 3.05) is 10.2 Å². The van der Waals surface area contributed by atoms with Gasteiger partial charge in [-0.25, -0.2) is 0 Å². The lowest BCUT2D eigenvalue weighted by Crippen LogP contribution is -2.32. The summed E-state index contributed by atoms with van der Waals surface area (Å²) in [5.41, 5.74) is 2.24. The number of benzene rings is 1. The minimum atomic E-state index is -0.336. The van der Waals surface area contributed by atoms with Gasteiger partial charge in [0.25, 0.3) is 5.91 Å². The molecule has 2 aliphatic carbocycles. The monoisotopic (exact) mass is 417 g/mol. The number of hydrogen-bond donors (Lipinski definition) is 1. The van der Waals surface area contributed by atoms with Crippen LogP contribution in [0.4, 0.5) is 10.7 Å². The molecule has 1 aromatic carbocycles. The molecule has 1 saturated heterocycles. The average molecular weight is 417 g/mol. The van der Waals surface area contributed by atoms with Crippen molar-refractivity contribution in [2.24, 2.45) is 23.7 Å². The molecule has 6 nitrogen and oxygen atoms in total. The molecule has 4 atom stereocenters. The molecule has 1 N–H and O–H groups in total. The summed E-state index contributed by atoms with van der Waals surface area (Å²) in [6.45, 7) is 3.77. The molecule has 5 rings (SSSR count). The second-order valence-corrected chi connectivity index (χ2v) is 9.34. The molecule has 1 aliphatic heterocycles. The molecular formula is C23H19N3O3S. The van der Waals surface area contributed by atoms with E-state index in [-0.39, 0.29) is 41.4 Å². The molecule has 3 aliphatic rings. The third kappa shape index (κ3) is 2.57. The van der Waals surface area contributed by atoms with Crippen LogP contribution in [0.1, 0.15) is 32.8 Å². The van der Waals surface area contributed by atoms with Gasteiger partial charge in [0.05, 0.1) is 23.1 Å². The van der Waals surface area contributed by atoms with Gasteiger partial charge >= 0.3 is 0 Å². The predicted octanol–water partition coefficient (Wildman–Crippen LogP) is 3.80. The number of imide groups is 1. The van der Waals surface area contributed by atoms with Crippen molar-refractivity contribution in [2.45, 2.75) is 20.3 Å². The molecule has 2 aromatic rings. The number of nitrogens with zero attached hydrogens (tertiary/aromatic N) is 2. The zero-order chi connectivity index (χ0) is 21.2. The molecule has 3 amide bonds.